The van der Waals surface area contributed by atoms with Crippen LogP contribution in [0.4, 0.5) is 0 Å². The highest BCUT2D eigenvalue weighted by Gasteiger charge is 2.07. The predicted molar refractivity (Wildman–Crippen MR) is 85.0 cm³/mol. The van der Waals surface area contributed by atoms with Gasteiger partial charge in [-0.15, -0.1) is 0 Å². The van der Waals surface area contributed by atoms with Crippen molar-refractivity contribution in [2.75, 3.05) is 6.54 Å². The van der Waals surface area contributed by atoms with E-state index in [0.717, 1.165) is 23.6 Å². The summed E-state index contributed by atoms with van der Waals surface area (Å²) in [6.45, 7) is 6.96. The van der Waals surface area contributed by atoms with Crippen molar-refractivity contribution in [1.82, 2.24) is 5.32 Å². The predicted octanol–water partition coefficient (Wildman–Crippen LogP) is 3.96. The molecule has 0 saturated carbocycles. The molecule has 0 spiro atoms. The Bertz CT molecular complexity index is 582. The lowest BCUT2D eigenvalue weighted by Crippen LogP contribution is -2.27. The highest BCUT2D eigenvalue weighted by Crippen LogP contribution is 2.23. The fourth-order valence-corrected chi connectivity index (χ4v) is 2.03. The second kappa shape index (κ2) is 7.11. The highest BCUT2D eigenvalue weighted by molar-refractivity contribution is 5.76. The van der Waals surface area contributed by atoms with Crippen molar-refractivity contribution < 1.29 is 9.21 Å². The minimum absolute atomic E-state index is 0.0805. The van der Waals surface area contributed by atoms with E-state index in [1.807, 2.05) is 24.3 Å². The van der Waals surface area contributed by atoms with Gasteiger partial charge in [0, 0.05) is 24.9 Å². The van der Waals surface area contributed by atoms with E-state index in [4.69, 9.17) is 4.42 Å². The summed E-state index contributed by atoms with van der Waals surface area (Å²) in [5.41, 5.74) is 2.29. The second-order valence-corrected chi connectivity index (χ2v) is 5.83. The molecule has 1 amide bonds. The van der Waals surface area contributed by atoms with E-state index in [-0.39, 0.29) is 5.91 Å². The number of hydrogen-bond donors (Lipinski definition) is 1. The number of amides is 1. The van der Waals surface area contributed by atoms with Gasteiger partial charge in [0.2, 0.25) is 5.91 Å². The Kier molecular flexibility index (Phi) is 5.20. The van der Waals surface area contributed by atoms with Crippen LogP contribution in [0.2, 0.25) is 0 Å². The number of aryl methyl sites for hydroxylation is 2. The zero-order chi connectivity index (χ0) is 15.2. The molecule has 112 valence electrons. The fourth-order valence-electron chi connectivity index (χ4n) is 2.03. The Morgan fingerprint density at radius 3 is 2.52 bits per heavy atom. The minimum Gasteiger partial charge on any atom is -0.461 e. The number of rotatable bonds is 6. The molecular weight excluding hydrogens is 262 g/mol. The maximum Gasteiger partial charge on any atom is 0.220 e. The maximum atomic E-state index is 11.7. The van der Waals surface area contributed by atoms with Crippen LogP contribution in [0.15, 0.2) is 40.8 Å². The van der Waals surface area contributed by atoms with Gasteiger partial charge >= 0.3 is 0 Å². The Hall–Kier alpha value is -2.03. The molecule has 2 aromatic rings. The normalized spacial score (nSPS) is 10.9. The molecule has 0 atom stereocenters. The number of carbonyl (C=O) groups is 1. The van der Waals surface area contributed by atoms with Crippen molar-refractivity contribution in [2.24, 2.45) is 5.92 Å². The SMILES string of the molecule is Cc1ccc(-c2ccc(CCC(=O)NCC(C)C)o2)cc1. The molecule has 3 heteroatoms. The third kappa shape index (κ3) is 4.78. The number of hydrogen-bond acceptors (Lipinski definition) is 2. The van der Waals surface area contributed by atoms with Crippen LogP contribution in [0, 0.1) is 12.8 Å². The Morgan fingerprint density at radius 2 is 1.86 bits per heavy atom. The Balaban J connectivity index is 1.88. The summed E-state index contributed by atoms with van der Waals surface area (Å²) in [5, 5.41) is 2.92. The summed E-state index contributed by atoms with van der Waals surface area (Å²) in [5.74, 6) is 2.26. The van der Waals surface area contributed by atoms with E-state index < -0.39 is 0 Å². The molecule has 1 aromatic carbocycles. The van der Waals surface area contributed by atoms with Gasteiger partial charge in [-0.2, -0.15) is 0 Å². The third-order valence-electron chi connectivity index (χ3n) is 3.30. The van der Waals surface area contributed by atoms with E-state index in [9.17, 15) is 4.79 Å². The summed E-state index contributed by atoms with van der Waals surface area (Å²) < 4.78 is 5.81. The van der Waals surface area contributed by atoms with Crippen LogP contribution in [0.1, 0.15) is 31.6 Å². The van der Waals surface area contributed by atoms with Gasteiger partial charge < -0.3 is 9.73 Å². The molecule has 0 aliphatic carbocycles. The van der Waals surface area contributed by atoms with E-state index in [1.165, 1.54) is 5.56 Å². The number of nitrogens with one attached hydrogen (secondary N) is 1. The summed E-state index contributed by atoms with van der Waals surface area (Å²) in [7, 11) is 0. The van der Waals surface area contributed by atoms with Crippen LogP contribution in [0.25, 0.3) is 11.3 Å². The van der Waals surface area contributed by atoms with Crippen molar-refractivity contribution in [3.63, 3.8) is 0 Å². The second-order valence-electron chi connectivity index (χ2n) is 5.83. The molecule has 0 fully saturated rings. The summed E-state index contributed by atoms with van der Waals surface area (Å²) in [6, 6.07) is 12.1. The van der Waals surface area contributed by atoms with Gasteiger partial charge in [-0.1, -0.05) is 43.7 Å². The smallest absolute Gasteiger partial charge is 0.220 e. The standard InChI is InChI=1S/C18H23NO2/c1-13(2)12-19-18(20)11-9-16-8-10-17(21-16)15-6-4-14(3)5-7-15/h4-8,10,13H,9,11-12H2,1-3H3,(H,19,20). The van der Waals surface area contributed by atoms with Gasteiger partial charge in [0.1, 0.15) is 11.5 Å². The van der Waals surface area contributed by atoms with Crippen LogP contribution in [-0.4, -0.2) is 12.5 Å². The van der Waals surface area contributed by atoms with E-state index in [0.29, 0.717) is 18.8 Å². The van der Waals surface area contributed by atoms with Crippen molar-refractivity contribution in [2.45, 2.75) is 33.6 Å². The van der Waals surface area contributed by atoms with Crippen molar-refractivity contribution in [3.8, 4) is 11.3 Å². The van der Waals surface area contributed by atoms with Crippen LogP contribution >= 0.6 is 0 Å². The molecule has 0 radical (unpaired) electrons. The minimum atomic E-state index is 0.0805. The Morgan fingerprint density at radius 1 is 1.14 bits per heavy atom. The summed E-state index contributed by atoms with van der Waals surface area (Å²) in [6.07, 6.45) is 1.10. The molecule has 0 aliphatic rings. The zero-order valence-corrected chi connectivity index (χ0v) is 13.0. The topological polar surface area (TPSA) is 42.2 Å². The average Bonchev–Trinajstić information content (AvgIpc) is 2.92. The molecule has 21 heavy (non-hydrogen) atoms. The molecule has 1 heterocycles. The van der Waals surface area contributed by atoms with Crippen molar-refractivity contribution in [3.05, 3.63) is 47.7 Å². The molecule has 0 saturated heterocycles. The lowest BCUT2D eigenvalue weighted by Gasteiger charge is -2.06. The molecule has 1 N–H and O–H groups in total. The molecule has 2 rings (SSSR count). The first kappa shape index (κ1) is 15.4. The van der Waals surface area contributed by atoms with Crippen LogP contribution in [0.3, 0.4) is 0 Å². The lowest BCUT2D eigenvalue weighted by molar-refractivity contribution is -0.121. The number of benzene rings is 1. The van der Waals surface area contributed by atoms with Gasteiger partial charge in [-0.25, -0.2) is 0 Å². The lowest BCUT2D eigenvalue weighted by atomic mass is 10.1. The fraction of sp³-hybridized carbons (Fsp3) is 0.389. The monoisotopic (exact) mass is 285 g/mol. The molecular formula is C18H23NO2. The van der Waals surface area contributed by atoms with Crippen molar-refractivity contribution >= 4 is 5.91 Å². The molecule has 1 aromatic heterocycles. The molecule has 0 unspecified atom stereocenters. The Labute approximate surface area is 126 Å². The van der Waals surface area contributed by atoms with Crippen LogP contribution < -0.4 is 5.32 Å². The van der Waals surface area contributed by atoms with E-state index in [1.54, 1.807) is 0 Å². The highest BCUT2D eigenvalue weighted by atomic mass is 16.3. The van der Waals surface area contributed by atoms with Gasteiger partial charge in [-0.3, -0.25) is 4.79 Å². The molecule has 0 aliphatic heterocycles. The first-order valence-corrected chi connectivity index (χ1v) is 7.47. The van der Waals surface area contributed by atoms with Crippen molar-refractivity contribution in [1.29, 1.82) is 0 Å². The first-order valence-electron chi connectivity index (χ1n) is 7.47. The quantitative estimate of drug-likeness (QED) is 0.873. The largest absolute Gasteiger partial charge is 0.461 e. The summed E-state index contributed by atoms with van der Waals surface area (Å²) in [4.78, 5) is 11.7. The molecule has 3 nitrogen and oxygen atoms in total. The zero-order valence-electron chi connectivity index (χ0n) is 13.0. The van der Waals surface area contributed by atoms with Crippen LogP contribution in [-0.2, 0) is 11.2 Å². The maximum absolute atomic E-state index is 11.7. The van der Waals surface area contributed by atoms with E-state index >= 15 is 0 Å². The first-order chi connectivity index (χ1) is 10.0. The van der Waals surface area contributed by atoms with Gasteiger partial charge in [0.25, 0.3) is 0 Å². The number of carbonyl (C=O) groups excluding carboxylic acids is 1. The van der Waals surface area contributed by atoms with Gasteiger partial charge in [0.15, 0.2) is 0 Å². The van der Waals surface area contributed by atoms with Gasteiger partial charge in [-0.05, 0) is 25.0 Å². The summed E-state index contributed by atoms with van der Waals surface area (Å²) >= 11 is 0. The third-order valence-corrected chi connectivity index (χ3v) is 3.30. The van der Waals surface area contributed by atoms with Crippen LogP contribution in [0.5, 0.6) is 0 Å². The number of furan rings is 1. The molecule has 0 bridgehead atoms. The average molecular weight is 285 g/mol. The van der Waals surface area contributed by atoms with Gasteiger partial charge in [0.05, 0.1) is 0 Å². The van der Waals surface area contributed by atoms with E-state index in [2.05, 4.69) is 38.2 Å².